The van der Waals surface area contributed by atoms with E-state index in [1.807, 2.05) is 27.7 Å². The van der Waals surface area contributed by atoms with Crippen LogP contribution in [0.2, 0.25) is 0 Å². The monoisotopic (exact) mass is 387 g/mol. The van der Waals surface area contributed by atoms with Gasteiger partial charge in [-0.25, -0.2) is 9.78 Å². The predicted octanol–water partition coefficient (Wildman–Crippen LogP) is 1.33. The van der Waals surface area contributed by atoms with Gasteiger partial charge < -0.3 is 11.1 Å². The first kappa shape index (κ1) is 20.3. The van der Waals surface area contributed by atoms with Crippen molar-refractivity contribution in [1.29, 1.82) is 0 Å². The predicted molar refractivity (Wildman–Crippen MR) is 109 cm³/mol. The van der Waals surface area contributed by atoms with Crippen LogP contribution < -0.4 is 22.3 Å². The van der Waals surface area contributed by atoms with Crippen LogP contribution in [0, 0.1) is 11.8 Å². The molecule has 1 saturated carbocycles. The summed E-state index contributed by atoms with van der Waals surface area (Å²) < 4.78 is 1.45. The largest absolute Gasteiger partial charge is 0.348 e. The summed E-state index contributed by atoms with van der Waals surface area (Å²) in [7, 11) is 0. The third-order valence-corrected chi connectivity index (χ3v) is 5.11. The molecule has 0 aromatic carbocycles. The van der Waals surface area contributed by atoms with E-state index in [1.165, 1.54) is 4.57 Å². The van der Waals surface area contributed by atoms with Gasteiger partial charge in [0.2, 0.25) is 0 Å². The summed E-state index contributed by atoms with van der Waals surface area (Å²) in [5.74, 6) is 0.248. The van der Waals surface area contributed by atoms with Crippen LogP contribution in [0.5, 0.6) is 0 Å². The van der Waals surface area contributed by atoms with Crippen molar-refractivity contribution in [1.82, 2.24) is 19.9 Å². The van der Waals surface area contributed by atoms with E-state index in [-0.39, 0.29) is 40.4 Å². The van der Waals surface area contributed by atoms with E-state index >= 15 is 0 Å². The van der Waals surface area contributed by atoms with Gasteiger partial charge in [-0.05, 0) is 36.7 Å². The number of amides is 1. The Hall–Kier alpha value is -2.48. The van der Waals surface area contributed by atoms with Gasteiger partial charge in [-0.3, -0.25) is 19.1 Å². The average molecular weight is 387 g/mol. The summed E-state index contributed by atoms with van der Waals surface area (Å²) in [6, 6.07) is 1.54. The van der Waals surface area contributed by atoms with Crippen LogP contribution >= 0.6 is 0 Å². The molecule has 8 heteroatoms. The van der Waals surface area contributed by atoms with Crippen molar-refractivity contribution < 1.29 is 4.79 Å². The van der Waals surface area contributed by atoms with Crippen LogP contribution in [0.3, 0.4) is 0 Å². The molecule has 0 saturated heterocycles. The Kier molecular flexibility index (Phi) is 5.69. The van der Waals surface area contributed by atoms with Crippen LogP contribution in [0.4, 0.5) is 0 Å². The summed E-state index contributed by atoms with van der Waals surface area (Å²) in [4.78, 5) is 45.0. The van der Waals surface area contributed by atoms with E-state index in [0.29, 0.717) is 24.7 Å². The summed E-state index contributed by atoms with van der Waals surface area (Å²) in [6.07, 6.45) is 2.09. The third kappa shape index (κ3) is 4.01. The number of nitrogens with zero attached hydrogens (tertiary/aromatic N) is 2. The molecule has 2 heterocycles. The van der Waals surface area contributed by atoms with Crippen molar-refractivity contribution in [3.63, 3.8) is 0 Å². The molecule has 0 bridgehead atoms. The topological polar surface area (TPSA) is 123 Å². The van der Waals surface area contributed by atoms with Crippen LogP contribution in [0.15, 0.2) is 15.7 Å². The molecular formula is C20H29N5O3. The number of nitrogens with two attached hydrogens (primary N) is 1. The highest BCUT2D eigenvalue weighted by Gasteiger charge is 2.32. The molecule has 1 aliphatic carbocycles. The maximum Gasteiger partial charge on any atom is 0.330 e. The minimum atomic E-state index is -0.594. The van der Waals surface area contributed by atoms with E-state index in [0.717, 1.165) is 12.8 Å². The van der Waals surface area contributed by atoms with Gasteiger partial charge in [0.25, 0.3) is 11.5 Å². The Bertz CT molecular complexity index is 1000. The molecule has 28 heavy (non-hydrogen) atoms. The minimum absolute atomic E-state index is 0.0339. The van der Waals surface area contributed by atoms with Crippen molar-refractivity contribution in [2.75, 3.05) is 6.54 Å². The number of nitrogens with one attached hydrogen (secondary N) is 2. The molecule has 1 fully saturated rings. The fraction of sp³-hybridized carbons (Fsp3) is 0.600. The minimum Gasteiger partial charge on any atom is -0.348 e. The molecule has 152 valence electrons. The lowest BCUT2D eigenvalue weighted by molar-refractivity contribution is 0.0935. The fourth-order valence-corrected chi connectivity index (χ4v) is 3.42. The van der Waals surface area contributed by atoms with Crippen LogP contribution in [0.25, 0.3) is 11.0 Å². The Balaban J connectivity index is 2.21. The highest BCUT2D eigenvalue weighted by Crippen LogP contribution is 2.32. The number of aromatic nitrogens is 3. The molecule has 1 atom stereocenters. The van der Waals surface area contributed by atoms with Gasteiger partial charge in [0.15, 0.2) is 5.65 Å². The molecule has 0 spiro atoms. The van der Waals surface area contributed by atoms with E-state index in [9.17, 15) is 14.4 Å². The Morgan fingerprint density at radius 1 is 1.32 bits per heavy atom. The quantitative estimate of drug-likeness (QED) is 0.661. The molecular weight excluding hydrogens is 358 g/mol. The number of H-pyrrole nitrogens is 1. The number of rotatable bonds is 7. The molecule has 1 amide bonds. The number of aromatic amines is 1. The zero-order valence-corrected chi connectivity index (χ0v) is 16.9. The zero-order valence-electron chi connectivity index (χ0n) is 16.9. The van der Waals surface area contributed by atoms with E-state index in [4.69, 9.17) is 5.73 Å². The SMILES string of the molecule is CC(C)Cn1c(=O)[nH]c(=O)c2c(C(=O)NC(CN)C3CC3)cc(C(C)C)nc21. The smallest absolute Gasteiger partial charge is 0.330 e. The normalized spacial score (nSPS) is 15.4. The first-order chi connectivity index (χ1) is 13.2. The Morgan fingerprint density at radius 2 is 2.00 bits per heavy atom. The van der Waals surface area contributed by atoms with Gasteiger partial charge in [0.1, 0.15) is 0 Å². The van der Waals surface area contributed by atoms with Gasteiger partial charge in [-0.15, -0.1) is 0 Å². The molecule has 1 aliphatic rings. The number of carbonyl (C=O) groups is 1. The maximum absolute atomic E-state index is 13.1. The molecule has 8 nitrogen and oxygen atoms in total. The zero-order chi connectivity index (χ0) is 20.6. The Morgan fingerprint density at radius 3 is 2.54 bits per heavy atom. The van der Waals surface area contributed by atoms with Gasteiger partial charge >= 0.3 is 5.69 Å². The second kappa shape index (κ2) is 7.87. The summed E-state index contributed by atoms with van der Waals surface area (Å²) in [5, 5.41) is 3.12. The van der Waals surface area contributed by atoms with Gasteiger partial charge in [-0.2, -0.15) is 0 Å². The van der Waals surface area contributed by atoms with Crippen LogP contribution in [0.1, 0.15) is 62.5 Å². The molecule has 2 aromatic heterocycles. The fourth-order valence-electron chi connectivity index (χ4n) is 3.42. The molecule has 3 rings (SSSR count). The molecule has 4 N–H and O–H groups in total. The first-order valence-electron chi connectivity index (χ1n) is 9.91. The number of carbonyl (C=O) groups excluding carboxylic acids is 1. The lowest BCUT2D eigenvalue weighted by atomic mass is 10.0. The van der Waals surface area contributed by atoms with Crippen molar-refractivity contribution in [3.05, 3.63) is 38.2 Å². The molecule has 0 radical (unpaired) electrons. The maximum atomic E-state index is 13.1. The van der Waals surface area contributed by atoms with E-state index in [1.54, 1.807) is 6.07 Å². The summed E-state index contributed by atoms with van der Waals surface area (Å²) >= 11 is 0. The standard InChI is InChI=1S/C20H29N5O3/c1-10(2)9-25-17-16(19(27)24-20(25)28)13(7-14(22-17)11(3)4)18(26)23-15(8-21)12-5-6-12/h7,10-12,15H,5-6,8-9,21H2,1-4H3,(H,23,26)(H,24,27,28). The third-order valence-electron chi connectivity index (χ3n) is 5.11. The van der Waals surface area contributed by atoms with Crippen LogP contribution in [-0.4, -0.2) is 33.0 Å². The van der Waals surface area contributed by atoms with E-state index in [2.05, 4.69) is 15.3 Å². The lowest BCUT2D eigenvalue weighted by Gasteiger charge is -2.19. The average Bonchev–Trinajstić information content (AvgIpc) is 3.46. The number of hydrogen-bond acceptors (Lipinski definition) is 5. The number of fused-ring (bicyclic) bond motifs is 1. The molecule has 2 aromatic rings. The Labute approximate surface area is 163 Å². The second-order valence-electron chi connectivity index (χ2n) is 8.36. The highest BCUT2D eigenvalue weighted by molar-refractivity contribution is 6.05. The van der Waals surface area contributed by atoms with Crippen molar-refractivity contribution >= 4 is 16.9 Å². The van der Waals surface area contributed by atoms with Gasteiger partial charge in [-0.1, -0.05) is 27.7 Å². The van der Waals surface area contributed by atoms with Crippen molar-refractivity contribution in [2.24, 2.45) is 17.6 Å². The number of hydrogen-bond donors (Lipinski definition) is 3. The first-order valence-corrected chi connectivity index (χ1v) is 9.91. The van der Waals surface area contributed by atoms with Gasteiger partial charge in [0.05, 0.1) is 10.9 Å². The second-order valence-corrected chi connectivity index (χ2v) is 8.36. The van der Waals surface area contributed by atoms with Crippen molar-refractivity contribution in [2.45, 2.75) is 59.0 Å². The molecule has 1 unspecified atom stereocenters. The number of pyridine rings is 1. The van der Waals surface area contributed by atoms with Crippen molar-refractivity contribution in [3.8, 4) is 0 Å². The molecule has 0 aliphatic heterocycles. The lowest BCUT2D eigenvalue weighted by Crippen LogP contribution is -2.42. The highest BCUT2D eigenvalue weighted by atomic mass is 16.2. The summed E-state index contributed by atoms with van der Waals surface area (Å²) in [5.41, 5.74) is 5.88. The van der Waals surface area contributed by atoms with Gasteiger partial charge in [0, 0.05) is 24.8 Å². The summed E-state index contributed by atoms with van der Waals surface area (Å²) in [6.45, 7) is 8.62. The van der Waals surface area contributed by atoms with E-state index < -0.39 is 11.2 Å². The van der Waals surface area contributed by atoms with Crippen LogP contribution in [-0.2, 0) is 6.54 Å².